The Balaban J connectivity index is 1.85. The zero-order chi connectivity index (χ0) is 15.6. The summed E-state index contributed by atoms with van der Waals surface area (Å²) in [7, 11) is 0. The van der Waals surface area contributed by atoms with Crippen LogP contribution in [0.25, 0.3) is 0 Å². The van der Waals surface area contributed by atoms with E-state index in [0.717, 1.165) is 36.5 Å². The maximum Gasteiger partial charge on any atom is 0.227 e. The molecule has 4 nitrogen and oxygen atoms in total. The minimum Gasteiger partial charge on any atom is -0.330 e. The van der Waals surface area contributed by atoms with E-state index in [9.17, 15) is 4.79 Å². The van der Waals surface area contributed by atoms with Gasteiger partial charge in [-0.15, -0.1) is 0 Å². The van der Waals surface area contributed by atoms with E-state index in [1.54, 1.807) is 6.20 Å². The zero-order valence-corrected chi connectivity index (χ0v) is 13.1. The van der Waals surface area contributed by atoms with E-state index >= 15 is 0 Å². The minimum absolute atomic E-state index is 0.149. The molecule has 1 aromatic heterocycles. The first kappa shape index (κ1) is 14.7. The van der Waals surface area contributed by atoms with Crippen LogP contribution in [0.15, 0.2) is 42.6 Å². The Morgan fingerprint density at radius 1 is 1.27 bits per heavy atom. The van der Waals surface area contributed by atoms with E-state index < -0.39 is 5.54 Å². The molecule has 1 fully saturated rings. The van der Waals surface area contributed by atoms with Crippen LogP contribution in [-0.4, -0.2) is 27.3 Å². The van der Waals surface area contributed by atoms with Gasteiger partial charge in [0.1, 0.15) is 0 Å². The summed E-state index contributed by atoms with van der Waals surface area (Å²) < 4.78 is 0. The number of likely N-dealkylation sites (tertiary alicyclic amines) is 1. The second-order valence-electron chi connectivity index (χ2n) is 6.11. The van der Waals surface area contributed by atoms with Gasteiger partial charge in [-0.2, -0.15) is 0 Å². The molecule has 0 N–H and O–H groups in total. The van der Waals surface area contributed by atoms with E-state index in [-0.39, 0.29) is 5.91 Å². The fraction of sp³-hybridized carbons (Fsp3) is 0.389. The van der Waals surface area contributed by atoms with Crippen LogP contribution >= 0.6 is 0 Å². The highest BCUT2D eigenvalue weighted by Gasteiger charge is 2.43. The molecule has 2 aromatic rings. The Labute approximate surface area is 131 Å². The van der Waals surface area contributed by atoms with E-state index in [2.05, 4.69) is 16.9 Å². The normalized spacial score (nSPS) is 21.1. The lowest BCUT2D eigenvalue weighted by molar-refractivity contribution is -0.134. The summed E-state index contributed by atoms with van der Waals surface area (Å²) in [5.74, 6) is 0.905. The number of rotatable bonds is 3. The van der Waals surface area contributed by atoms with E-state index in [1.807, 2.05) is 48.2 Å². The fourth-order valence-corrected chi connectivity index (χ4v) is 3.17. The molecule has 0 aliphatic carbocycles. The number of aryl methyl sites for hydroxylation is 1. The van der Waals surface area contributed by atoms with E-state index in [0.29, 0.717) is 6.42 Å². The summed E-state index contributed by atoms with van der Waals surface area (Å²) in [6.45, 7) is 4.82. The molecule has 1 atom stereocenters. The second kappa shape index (κ2) is 5.87. The zero-order valence-electron chi connectivity index (χ0n) is 13.1. The maximum atomic E-state index is 12.8. The van der Waals surface area contributed by atoms with Crippen LogP contribution in [0.2, 0.25) is 0 Å². The van der Waals surface area contributed by atoms with Crippen LogP contribution in [-0.2, 0) is 16.8 Å². The molecule has 1 unspecified atom stereocenters. The van der Waals surface area contributed by atoms with Crippen molar-refractivity contribution in [2.24, 2.45) is 0 Å². The molecule has 0 spiro atoms. The summed E-state index contributed by atoms with van der Waals surface area (Å²) in [6, 6.07) is 11.8. The topological polar surface area (TPSA) is 46.1 Å². The average Bonchev–Trinajstić information content (AvgIpc) is 2.92. The van der Waals surface area contributed by atoms with Gasteiger partial charge in [0.2, 0.25) is 5.91 Å². The van der Waals surface area contributed by atoms with Crippen LogP contribution < -0.4 is 0 Å². The van der Waals surface area contributed by atoms with Gasteiger partial charge >= 0.3 is 0 Å². The molecular weight excluding hydrogens is 274 g/mol. The van der Waals surface area contributed by atoms with Crippen LogP contribution in [0, 0.1) is 6.92 Å². The van der Waals surface area contributed by atoms with Crippen molar-refractivity contribution in [1.82, 2.24) is 14.9 Å². The van der Waals surface area contributed by atoms with Gasteiger partial charge in [-0.3, -0.25) is 4.79 Å². The monoisotopic (exact) mass is 295 g/mol. The number of carbonyl (C=O) groups excluding carboxylic acids is 1. The van der Waals surface area contributed by atoms with Crippen molar-refractivity contribution in [2.45, 2.75) is 38.6 Å². The summed E-state index contributed by atoms with van der Waals surface area (Å²) in [5.41, 5.74) is 1.60. The third kappa shape index (κ3) is 2.73. The van der Waals surface area contributed by atoms with Crippen molar-refractivity contribution in [1.29, 1.82) is 0 Å². The molecule has 3 rings (SSSR count). The second-order valence-corrected chi connectivity index (χ2v) is 6.11. The molecule has 0 saturated carbocycles. The maximum absolute atomic E-state index is 12.8. The van der Waals surface area contributed by atoms with Crippen LogP contribution in [0.1, 0.15) is 36.8 Å². The van der Waals surface area contributed by atoms with Crippen molar-refractivity contribution in [3.05, 3.63) is 59.7 Å². The molecule has 2 heterocycles. The van der Waals surface area contributed by atoms with Crippen LogP contribution in [0.5, 0.6) is 0 Å². The van der Waals surface area contributed by atoms with Crippen molar-refractivity contribution in [3.8, 4) is 0 Å². The van der Waals surface area contributed by atoms with Crippen molar-refractivity contribution in [3.63, 3.8) is 0 Å². The number of aromatic nitrogens is 2. The summed E-state index contributed by atoms with van der Waals surface area (Å²) >= 11 is 0. The van der Waals surface area contributed by atoms with Gasteiger partial charge in [-0.05, 0) is 38.3 Å². The SMILES string of the molecule is Cc1ccnc(C2(C)CCCN2C(=O)Cc2ccccc2)n1. The number of nitrogens with zero attached hydrogens (tertiary/aromatic N) is 3. The summed E-state index contributed by atoms with van der Waals surface area (Å²) in [4.78, 5) is 23.7. The lowest BCUT2D eigenvalue weighted by atomic mass is 9.96. The highest BCUT2D eigenvalue weighted by atomic mass is 16.2. The Kier molecular flexibility index (Phi) is 3.92. The van der Waals surface area contributed by atoms with Gasteiger partial charge in [0, 0.05) is 18.4 Å². The molecule has 22 heavy (non-hydrogen) atoms. The molecular formula is C18H21N3O. The summed E-state index contributed by atoms with van der Waals surface area (Å²) in [6.07, 6.45) is 4.12. The molecule has 4 heteroatoms. The minimum atomic E-state index is -0.391. The molecule has 1 aliphatic rings. The molecule has 114 valence electrons. The Morgan fingerprint density at radius 3 is 2.77 bits per heavy atom. The van der Waals surface area contributed by atoms with Crippen molar-refractivity contribution >= 4 is 5.91 Å². The fourth-order valence-electron chi connectivity index (χ4n) is 3.17. The highest BCUT2D eigenvalue weighted by Crippen LogP contribution is 2.37. The van der Waals surface area contributed by atoms with Gasteiger partial charge < -0.3 is 4.90 Å². The molecule has 0 bridgehead atoms. The number of hydrogen-bond acceptors (Lipinski definition) is 3. The van der Waals surface area contributed by atoms with Crippen molar-refractivity contribution < 1.29 is 4.79 Å². The quantitative estimate of drug-likeness (QED) is 0.874. The Morgan fingerprint density at radius 2 is 2.05 bits per heavy atom. The van der Waals surface area contributed by atoms with E-state index in [1.165, 1.54) is 0 Å². The molecule has 1 saturated heterocycles. The molecule has 0 radical (unpaired) electrons. The van der Waals surface area contributed by atoms with Crippen LogP contribution in [0.3, 0.4) is 0 Å². The van der Waals surface area contributed by atoms with Gasteiger partial charge in [-0.1, -0.05) is 30.3 Å². The largest absolute Gasteiger partial charge is 0.330 e. The lowest BCUT2D eigenvalue weighted by Crippen LogP contribution is -2.44. The first-order valence-electron chi connectivity index (χ1n) is 7.74. The lowest BCUT2D eigenvalue weighted by Gasteiger charge is -2.34. The average molecular weight is 295 g/mol. The number of benzene rings is 1. The number of amides is 1. The van der Waals surface area contributed by atoms with Gasteiger partial charge in [0.25, 0.3) is 0 Å². The van der Waals surface area contributed by atoms with Crippen molar-refractivity contribution in [2.75, 3.05) is 6.54 Å². The smallest absolute Gasteiger partial charge is 0.227 e. The predicted molar refractivity (Wildman–Crippen MR) is 85.2 cm³/mol. The highest BCUT2D eigenvalue weighted by molar-refractivity contribution is 5.80. The van der Waals surface area contributed by atoms with Gasteiger partial charge in [-0.25, -0.2) is 9.97 Å². The Bertz CT molecular complexity index is 671. The molecule has 1 aliphatic heterocycles. The summed E-state index contributed by atoms with van der Waals surface area (Å²) in [5, 5.41) is 0. The predicted octanol–water partition coefficient (Wildman–Crippen LogP) is 2.87. The third-order valence-electron chi connectivity index (χ3n) is 4.42. The van der Waals surface area contributed by atoms with Crippen LogP contribution in [0.4, 0.5) is 0 Å². The first-order chi connectivity index (χ1) is 10.6. The third-order valence-corrected chi connectivity index (χ3v) is 4.42. The Hall–Kier alpha value is -2.23. The molecule has 1 amide bonds. The number of hydrogen-bond donors (Lipinski definition) is 0. The standard InChI is InChI=1S/C18H21N3O/c1-14-9-11-19-17(20-14)18(2)10-6-12-21(18)16(22)13-15-7-4-3-5-8-15/h3-5,7-9,11H,6,10,12-13H2,1-2H3. The molecule has 1 aromatic carbocycles. The number of carbonyl (C=O) groups is 1. The van der Waals surface area contributed by atoms with E-state index in [4.69, 9.17) is 0 Å². The van der Waals surface area contributed by atoms with Gasteiger partial charge in [0.05, 0.1) is 12.0 Å². The van der Waals surface area contributed by atoms with Gasteiger partial charge in [0.15, 0.2) is 5.82 Å². The first-order valence-corrected chi connectivity index (χ1v) is 7.74.